The molecule has 0 bridgehead atoms. The second-order valence-corrected chi connectivity index (χ2v) is 9.32. The van der Waals surface area contributed by atoms with Crippen molar-refractivity contribution < 1.29 is 9.84 Å². The average molecular weight is 501 g/mol. The third kappa shape index (κ3) is 7.00. The van der Waals surface area contributed by atoms with E-state index in [1.165, 1.54) is 21.2 Å². The van der Waals surface area contributed by atoms with Crippen LogP contribution in [-0.4, -0.2) is 80.5 Å². The van der Waals surface area contributed by atoms with E-state index in [1.807, 2.05) is 11.8 Å². The molecule has 4 rings (SSSR count). The molecular weight excluding hydrogens is 465 g/mol. The summed E-state index contributed by atoms with van der Waals surface area (Å²) in [6.07, 6.45) is 0. The Hall–Kier alpha value is -0.990. The average Bonchev–Trinajstić information content (AvgIpc) is 2.77. The lowest BCUT2D eigenvalue weighted by Crippen LogP contribution is -2.49. The molecule has 0 radical (unpaired) electrons. The van der Waals surface area contributed by atoms with Crippen molar-refractivity contribution in [3.05, 3.63) is 48.5 Å². The van der Waals surface area contributed by atoms with E-state index in [-0.39, 0.29) is 31.4 Å². The first kappa shape index (κ1) is 27.3. The fraction of sp³-hybridized carbons (Fsp3) is 0.500. The summed E-state index contributed by atoms with van der Waals surface area (Å²) < 4.78 is 5.41. The second kappa shape index (κ2) is 13.7. The molecule has 2 aromatic rings. The SMILES string of the molecule is C[C@H](CN1CCN(CCOCCO)CC1)CN1c2ccccc2Sc2ccccc21.Cl.Cl. The van der Waals surface area contributed by atoms with Crippen molar-refractivity contribution in [3.8, 4) is 0 Å². The Morgan fingerprint density at radius 2 is 1.41 bits per heavy atom. The molecule has 32 heavy (non-hydrogen) atoms. The number of piperazine rings is 1. The zero-order chi connectivity index (χ0) is 20.8. The van der Waals surface area contributed by atoms with Gasteiger partial charge in [0.25, 0.3) is 0 Å². The van der Waals surface area contributed by atoms with Crippen LogP contribution in [0.1, 0.15) is 6.92 Å². The highest BCUT2D eigenvalue weighted by atomic mass is 35.5. The Morgan fingerprint density at radius 1 is 0.844 bits per heavy atom. The molecule has 1 fully saturated rings. The van der Waals surface area contributed by atoms with Gasteiger partial charge in [0.15, 0.2) is 0 Å². The van der Waals surface area contributed by atoms with Crippen LogP contribution in [0, 0.1) is 5.92 Å². The molecule has 2 aliphatic heterocycles. The maximum Gasteiger partial charge on any atom is 0.0698 e. The molecule has 8 heteroatoms. The molecule has 0 unspecified atom stereocenters. The van der Waals surface area contributed by atoms with Gasteiger partial charge in [-0.3, -0.25) is 4.90 Å². The van der Waals surface area contributed by atoms with E-state index in [4.69, 9.17) is 9.84 Å². The van der Waals surface area contributed by atoms with Gasteiger partial charge in [0.05, 0.1) is 31.2 Å². The van der Waals surface area contributed by atoms with Crippen molar-refractivity contribution >= 4 is 48.0 Å². The molecule has 2 aliphatic rings. The van der Waals surface area contributed by atoms with E-state index in [0.717, 1.165) is 45.8 Å². The number of hydrogen-bond donors (Lipinski definition) is 1. The molecule has 0 amide bonds. The first-order valence-corrected chi connectivity index (χ1v) is 11.8. The lowest BCUT2D eigenvalue weighted by molar-refractivity contribution is 0.0555. The minimum absolute atomic E-state index is 0. The van der Waals surface area contributed by atoms with Gasteiger partial charge in [0.1, 0.15) is 0 Å². The molecule has 0 aliphatic carbocycles. The van der Waals surface area contributed by atoms with Crippen LogP contribution in [0.2, 0.25) is 0 Å². The highest BCUT2D eigenvalue weighted by Crippen LogP contribution is 2.47. The monoisotopic (exact) mass is 499 g/mol. The number of halogens is 2. The van der Waals surface area contributed by atoms with Crippen LogP contribution in [0.25, 0.3) is 0 Å². The quantitative estimate of drug-likeness (QED) is 0.515. The number of anilines is 2. The highest BCUT2D eigenvalue weighted by Gasteiger charge is 2.25. The van der Waals surface area contributed by atoms with Gasteiger partial charge in [-0.1, -0.05) is 43.0 Å². The third-order valence-electron chi connectivity index (χ3n) is 5.85. The van der Waals surface area contributed by atoms with Gasteiger partial charge in [0, 0.05) is 55.6 Å². The number of aliphatic hydroxyl groups is 1. The van der Waals surface area contributed by atoms with Crippen molar-refractivity contribution in [2.24, 2.45) is 5.92 Å². The number of nitrogens with zero attached hydrogens (tertiary/aromatic N) is 3. The zero-order valence-electron chi connectivity index (χ0n) is 18.7. The maximum atomic E-state index is 8.80. The Kier molecular flexibility index (Phi) is 11.6. The van der Waals surface area contributed by atoms with Crippen molar-refractivity contribution in [3.63, 3.8) is 0 Å². The molecular formula is C24H35Cl2N3O2S. The van der Waals surface area contributed by atoms with E-state index in [0.29, 0.717) is 19.1 Å². The fourth-order valence-electron chi connectivity index (χ4n) is 4.34. The summed E-state index contributed by atoms with van der Waals surface area (Å²) >= 11 is 1.88. The van der Waals surface area contributed by atoms with Gasteiger partial charge in [-0.15, -0.1) is 24.8 Å². The highest BCUT2D eigenvalue weighted by molar-refractivity contribution is 7.99. The molecule has 0 spiro atoms. The molecule has 1 saturated heterocycles. The van der Waals surface area contributed by atoms with Crippen LogP contribution < -0.4 is 4.90 Å². The number of fused-ring (bicyclic) bond motifs is 2. The first-order valence-electron chi connectivity index (χ1n) is 11.0. The first-order chi connectivity index (χ1) is 14.7. The van der Waals surface area contributed by atoms with Gasteiger partial charge < -0.3 is 19.6 Å². The smallest absolute Gasteiger partial charge is 0.0698 e. The van der Waals surface area contributed by atoms with Crippen LogP contribution in [-0.2, 0) is 4.74 Å². The standard InChI is InChI=1S/C24H33N3O2S.2ClH/c1-20(18-26-12-10-25(11-13-26)14-16-29-17-15-28)19-27-21-6-2-4-8-23(21)30-24-9-5-3-7-22(24)27;;/h2-9,20,28H,10-19H2,1H3;2*1H/t20-;;/m1../s1. The van der Waals surface area contributed by atoms with Gasteiger partial charge in [-0.2, -0.15) is 0 Å². The molecule has 0 saturated carbocycles. The van der Waals surface area contributed by atoms with Gasteiger partial charge in [-0.05, 0) is 30.2 Å². The van der Waals surface area contributed by atoms with Crippen LogP contribution in [0.15, 0.2) is 58.3 Å². The predicted molar refractivity (Wildman–Crippen MR) is 138 cm³/mol. The van der Waals surface area contributed by atoms with Crippen molar-refractivity contribution in [1.29, 1.82) is 0 Å². The molecule has 1 N–H and O–H groups in total. The molecule has 0 aromatic heterocycles. The van der Waals surface area contributed by atoms with Crippen LogP contribution in [0.5, 0.6) is 0 Å². The number of rotatable bonds is 9. The Bertz CT molecular complexity index is 776. The predicted octanol–water partition coefficient (Wildman–Crippen LogP) is 4.40. The molecule has 1 atom stereocenters. The summed E-state index contributed by atoms with van der Waals surface area (Å²) in [5, 5.41) is 8.80. The normalized spacial score (nSPS) is 17.0. The summed E-state index contributed by atoms with van der Waals surface area (Å²) in [6, 6.07) is 17.5. The second-order valence-electron chi connectivity index (χ2n) is 8.23. The number of hydrogen-bond acceptors (Lipinski definition) is 6. The number of ether oxygens (including phenoxy) is 1. The number of benzene rings is 2. The Labute approximate surface area is 208 Å². The van der Waals surface area contributed by atoms with Crippen LogP contribution in [0.4, 0.5) is 11.4 Å². The maximum absolute atomic E-state index is 8.80. The molecule has 178 valence electrons. The number of aliphatic hydroxyl groups excluding tert-OH is 1. The fourth-order valence-corrected chi connectivity index (χ4v) is 5.44. The van der Waals surface area contributed by atoms with E-state index in [2.05, 4.69) is 70.2 Å². The van der Waals surface area contributed by atoms with Crippen molar-refractivity contribution in [2.45, 2.75) is 16.7 Å². The van der Waals surface area contributed by atoms with Gasteiger partial charge >= 0.3 is 0 Å². The van der Waals surface area contributed by atoms with Crippen LogP contribution in [0.3, 0.4) is 0 Å². The molecule has 5 nitrogen and oxygen atoms in total. The van der Waals surface area contributed by atoms with Gasteiger partial charge in [-0.25, -0.2) is 0 Å². The van der Waals surface area contributed by atoms with Gasteiger partial charge in [0.2, 0.25) is 0 Å². The summed E-state index contributed by atoms with van der Waals surface area (Å²) in [5.74, 6) is 0.577. The molecule has 2 heterocycles. The lowest BCUT2D eigenvalue weighted by Gasteiger charge is -2.38. The summed E-state index contributed by atoms with van der Waals surface area (Å²) in [7, 11) is 0. The largest absolute Gasteiger partial charge is 0.394 e. The Morgan fingerprint density at radius 3 is 2.00 bits per heavy atom. The van der Waals surface area contributed by atoms with E-state index in [9.17, 15) is 0 Å². The minimum atomic E-state index is 0. The van der Waals surface area contributed by atoms with E-state index < -0.39 is 0 Å². The van der Waals surface area contributed by atoms with E-state index >= 15 is 0 Å². The topological polar surface area (TPSA) is 39.2 Å². The lowest BCUT2D eigenvalue weighted by atomic mass is 10.1. The summed E-state index contributed by atoms with van der Waals surface area (Å²) in [4.78, 5) is 10.3. The zero-order valence-corrected chi connectivity index (χ0v) is 21.1. The van der Waals surface area contributed by atoms with E-state index in [1.54, 1.807) is 0 Å². The third-order valence-corrected chi connectivity index (χ3v) is 6.98. The molecule has 2 aromatic carbocycles. The van der Waals surface area contributed by atoms with Crippen molar-refractivity contribution in [1.82, 2.24) is 9.80 Å². The number of para-hydroxylation sites is 2. The Balaban J connectivity index is 0.00000181. The van der Waals surface area contributed by atoms with Crippen molar-refractivity contribution in [2.75, 3.05) is 70.5 Å². The summed E-state index contributed by atoms with van der Waals surface area (Å²) in [6.45, 7) is 11.2. The summed E-state index contributed by atoms with van der Waals surface area (Å²) in [5.41, 5.74) is 2.67. The van der Waals surface area contributed by atoms with Crippen LogP contribution >= 0.6 is 36.6 Å². The minimum Gasteiger partial charge on any atom is -0.394 e.